The third-order valence-electron chi connectivity index (χ3n) is 5.12. The van der Waals surface area contributed by atoms with Gasteiger partial charge in [0.2, 0.25) is 11.6 Å². The van der Waals surface area contributed by atoms with Gasteiger partial charge in [-0.3, -0.25) is 18.6 Å². The number of nitrogens with one attached hydrogen (secondary N) is 1. The number of carbonyl (C=O) groups is 1. The molecule has 34 heavy (non-hydrogen) atoms. The molecule has 9 nitrogen and oxygen atoms in total. The number of fused-ring (bicyclic) bond motifs is 1. The molecule has 1 atom stereocenters. The quantitative estimate of drug-likeness (QED) is 0.383. The summed E-state index contributed by atoms with van der Waals surface area (Å²) in [6.45, 7) is 1.88. The van der Waals surface area contributed by atoms with Crippen LogP contribution in [0.1, 0.15) is 13.3 Å². The van der Waals surface area contributed by atoms with Gasteiger partial charge in [0.05, 0.1) is 25.2 Å². The van der Waals surface area contributed by atoms with Crippen molar-refractivity contribution in [3.63, 3.8) is 0 Å². The average molecular weight is 484 g/mol. The van der Waals surface area contributed by atoms with E-state index in [2.05, 4.69) is 15.5 Å². The monoisotopic (exact) mass is 483 g/mol. The van der Waals surface area contributed by atoms with Crippen molar-refractivity contribution in [2.75, 3.05) is 19.5 Å². The highest BCUT2D eigenvalue weighted by atomic mass is 32.2. The zero-order chi connectivity index (χ0) is 24.2. The SMILES string of the molecule is CC[C@H](Sc1nnc2c(=O)n(-c3ccc(F)cc3)ccn12)C(=O)Nc1cc(OC)ccc1OC. The highest BCUT2D eigenvalue weighted by Gasteiger charge is 2.23. The molecule has 0 unspecified atom stereocenters. The van der Waals surface area contributed by atoms with Crippen molar-refractivity contribution < 1.29 is 18.7 Å². The van der Waals surface area contributed by atoms with Gasteiger partial charge in [0.15, 0.2) is 5.16 Å². The summed E-state index contributed by atoms with van der Waals surface area (Å²) in [7, 11) is 3.06. The highest BCUT2D eigenvalue weighted by molar-refractivity contribution is 8.00. The Morgan fingerprint density at radius 2 is 1.88 bits per heavy atom. The molecule has 0 bridgehead atoms. The number of thioether (sulfide) groups is 1. The van der Waals surface area contributed by atoms with Crippen molar-refractivity contribution in [1.29, 1.82) is 0 Å². The van der Waals surface area contributed by atoms with Gasteiger partial charge in [0, 0.05) is 24.1 Å². The molecule has 176 valence electrons. The van der Waals surface area contributed by atoms with Crippen LogP contribution in [0.4, 0.5) is 10.1 Å². The van der Waals surface area contributed by atoms with E-state index in [4.69, 9.17) is 9.47 Å². The topological polar surface area (TPSA) is 99.8 Å². The summed E-state index contributed by atoms with van der Waals surface area (Å²) in [5.41, 5.74) is 0.675. The van der Waals surface area contributed by atoms with E-state index < -0.39 is 16.6 Å². The molecule has 0 aliphatic heterocycles. The smallest absolute Gasteiger partial charge is 0.300 e. The predicted octanol–water partition coefficient (Wildman–Crippen LogP) is 3.55. The van der Waals surface area contributed by atoms with Crippen LogP contribution in [0.5, 0.6) is 11.5 Å². The Kier molecular flexibility index (Phi) is 6.82. The molecule has 0 fully saturated rings. The maximum atomic E-state index is 13.2. The first-order valence-corrected chi connectivity index (χ1v) is 11.2. The van der Waals surface area contributed by atoms with E-state index in [1.54, 1.807) is 37.7 Å². The number of ether oxygens (including phenoxy) is 2. The van der Waals surface area contributed by atoms with E-state index in [0.29, 0.717) is 34.5 Å². The molecule has 1 N–H and O–H groups in total. The number of benzene rings is 2. The van der Waals surface area contributed by atoms with E-state index in [-0.39, 0.29) is 11.6 Å². The van der Waals surface area contributed by atoms with Crippen molar-refractivity contribution in [2.45, 2.75) is 23.8 Å². The normalized spacial score (nSPS) is 11.9. The van der Waals surface area contributed by atoms with Crippen LogP contribution in [-0.4, -0.2) is 44.5 Å². The van der Waals surface area contributed by atoms with Crippen molar-refractivity contribution in [3.05, 3.63) is 71.0 Å². The number of hydrogen-bond acceptors (Lipinski definition) is 7. The first kappa shape index (κ1) is 23.3. The van der Waals surface area contributed by atoms with Gasteiger partial charge in [-0.15, -0.1) is 10.2 Å². The van der Waals surface area contributed by atoms with Crippen molar-refractivity contribution in [1.82, 2.24) is 19.2 Å². The molecule has 2 aromatic carbocycles. The predicted molar refractivity (Wildman–Crippen MR) is 127 cm³/mol. The van der Waals surface area contributed by atoms with Gasteiger partial charge >= 0.3 is 5.56 Å². The summed E-state index contributed by atoms with van der Waals surface area (Å²) < 4.78 is 26.7. The lowest BCUT2D eigenvalue weighted by molar-refractivity contribution is -0.115. The number of carbonyl (C=O) groups excluding carboxylic acids is 1. The van der Waals surface area contributed by atoms with Gasteiger partial charge in [-0.05, 0) is 42.8 Å². The molecule has 0 saturated carbocycles. The average Bonchev–Trinajstić information content (AvgIpc) is 3.26. The lowest BCUT2D eigenvalue weighted by Gasteiger charge is -2.16. The molecule has 0 spiro atoms. The molecule has 0 aliphatic rings. The standard InChI is InChI=1S/C23H22FN5O4S/c1-4-19(21(30)25-17-13-16(32-2)9-10-18(17)33-3)34-23-27-26-20-22(31)28(11-12-29(20)23)15-7-5-14(24)6-8-15/h5-13,19H,4H2,1-3H3,(H,25,30)/t19-/m0/s1. The number of nitrogens with zero attached hydrogens (tertiary/aromatic N) is 4. The third kappa shape index (κ3) is 4.60. The number of anilines is 1. The number of amides is 1. The second-order valence-corrected chi connectivity index (χ2v) is 8.37. The van der Waals surface area contributed by atoms with Crippen LogP contribution in [0.2, 0.25) is 0 Å². The van der Waals surface area contributed by atoms with Crippen LogP contribution >= 0.6 is 11.8 Å². The molecular weight excluding hydrogens is 461 g/mol. The first-order chi connectivity index (χ1) is 16.4. The van der Waals surface area contributed by atoms with Gasteiger partial charge in [-0.1, -0.05) is 18.7 Å². The first-order valence-electron chi connectivity index (χ1n) is 10.4. The Balaban J connectivity index is 1.59. The van der Waals surface area contributed by atoms with Gasteiger partial charge < -0.3 is 14.8 Å². The fourth-order valence-corrected chi connectivity index (χ4v) is 4.26. The van der Waals surface area contributed by atoms with E-state index in [9.17, 15) is 14.0 Å². The molecule has 4 rings (SSSR count). The number of methoxy groups -OCH3 is 2. The second kappa shape index (κ2) is 9.96. The third-order valence-corrected chi connectivity index (χ3v) is 6.44. The minimum atomic E-state index is -0.511. The Bertz CT molecular complexity index is 1390. The minimum Gasteiger partial charge on any atom is -0.497 e. The molecule has 1 amide bonds. The Morgan fingerprint density at radius 1 is 1.12 bits per heavy atom. The number of hydrogen-bond donors (Lipinski definition) is 1. The van der Waals surface area contributed by atoms with Crippen molar-refractivity contribution in [2.24, 2.45) is 0 Å². The lowest BCUT2D eigenvalue weighted by atomic mass is 10.2. The molecular formula is C23H22FN5O4S. The molecule has 0 aliphatic carbocycles. The van der Waals surface area contributed by atoms with Crippen molar-refractivity contribution in [3.8, 4) is 17.2 Å². The van der Waals surface area contributed by atoms with Crippen LogP contribution in [0.15, 0.2) is 64.8 Å². The summed E-state index contributed by atoms with van der Waals surface area (Å²) in [4.78, 5) is 25.9. The molecule has 2 aromatic heterocycles. The maximum Gasteiger partial charge on any atom is 0.300 e. The molecule has 2 heterocycles. The Hall–Kier alpha value is -3.86. The summed E-state index contributed by atoms with van der Waals surface area (Å²) in [6, 6.07) is 10.7. The van der Waals surface area contributed by atoms with E-state index in [0.717, 1.165) is 0 Å². The van der Waals surface area contributed by atoms with E-state index >= 15 is 0 Å². The van der Waals surface area contributed by atoms with Gasteiger partial charge in [-0.2, -0.15) is 0 Å². The summed E-state index contributed by atoms with van der Waals surface area (Å²) >= 11 is 1.20. The van der Waals surface area contributed by atoms with Crippen LogP contribution in [-0.2, 0) is 4.79 Å². The number of aromatic nitrogens is 4. The Morgan fingerprint density at radius 3 is 2.56 bits per heavy atom. The van der Waals surface area contributed by atoms with Crippen LogP contribution < -0.4 is 20.3 Å². The molecule has 0 radical (unpaired) electrons. The van der Waals surface area contributed by atoms with Crippen molar-refractivity contribution >= 4 is 29.0 Å². The summed E-state index contributed by atoms with van der Waals surface area (Å²) in [5, 5.41) is 10.9. The van der Waals surface area contributed by atoms with Gasteiger partial charge in [0.1, 0.15) is 17.3 Å². The number of halogens is 1. The summed E-state index contributed by atoms with van der Waals surface area (Å²) in [5.74, 6) is 0.436. The van der Waals surface area contributed by atoms with E-state index in [1.165, 1.54) is 52.1 Å². The minimum absolute atomic E-state index is 0.0963. The summed E-state index contributed by atoms with van der Waals surface area (Å²) in [6.07, 6.45) is 3.70. The zero-order valence-corrected chi connectivity index (χ0v) is 19.5. The molecule has 11 heteroatoms. The maximum absolute atomic E-state index is 13.2. The second-order valence-electron chi connectivity index (χ2n) is 7.20. The van der Waals surface area contributed by atoms with E-state index in [1.807, 2.05) is 6.92 Å². The molecule has 0 saturated heterocycles. The van der Waals surface area contributed by atoms with Gasteiger partial charge in [0.25, 0.3) is 0 Å². The lowest BCUT2D eigenvalue weighted by Crippen LogP contribution is -2.25. The van der Waals surface area contributed by atoms with Crippen LogP contribution in [0.3, 0.4) is 0 Å². The fourth-order valence-electron chi connectivity index (χ4n) is 3.33. The largest absolute Gasteiger partial charge is 0.497 e. The van der Waals surface area contributed by atoms with Crippen LogP contribution in [0, 0.1) is 5.82 Å². The molecule has 4 aromatic rings. The fraction of sp³-hybridized carbons (Fsp3) is 0.217. The zero-order valence-electron chi connectivity index (χ0n) is 18.7. The van der Waals surface area contributed by atoms with Crippen LogP contribution in [0.25, 0.3) is 11.3 Å². The highest BCUT2D eigenvalue weighted by Crippen LogP contribution is 2.31. The van der Waals surface area contributed by atoms with Gasteiger partial charge in [-0.25, -0.2) is 4.39 Å². The Labute approximate surface area is 198 Å². The number of rotatable bonds is 8.